The lowest BCUT2D eigenvalue weighted by atomic mass is 10.2. The van der Waals surface area contributed by atoms with E-state index >= 15 is 0 Å². The Morgan fingerprint density at radius 3 is 2.30 bits per heavy atom. The minimum absolute atomic E-state index is 0. The van der Waals surface area contributed by atoms with E-state index in [4.69, 9.17) is 0 Å². The van der Waals surface area contributed by atoms with Crippen LogP contribution in [-0.4, -0.2) is 62.3 Å². The van der Waals surface area contributed by atoms with Gasteiger partial charge >= 0.3 is 0 Å². The molecule has 2 saturated heterocycles. The van der Waals surface area contributed by atoms with Crippen molar-refractivity contribution in [1.29, 1.82) is 0 Å². The minimum atomic E-state index is -3.45. The Morgan fingerprint density at radius 1 is 1.09 bits per heavy atom. The number of hydrogen-bond acceptors (Lipinski definition) is 4. The molecule has 0 aromatic heterocycles. The molecule has 0 unspecified atom stereocenters. The summed E-state index contributed by atoms with van der Waals surface area (Å²) in [6, 6.07) is 8.36. The number of piperazine rings is 1. The second kappa shape index (κ2) is 7.61. The van der Waals surface area contributed by atoms with Crippen molar-refractivity contribution in [1.82, 2.24) is 14.5 Å². The molecule has 8 heteroatoms. The molecular formula is C15H22ClN3O3S. The van der Waals surface area contributed by atoms with Gasteiger partial charge in [0, 0.05) is 26.2 Å². The first-order valence-electron chi connectivity index (χ1n) is 7.66. The Labute approximate surface area is 143 Å². The van der Waals surface area contributed by atoms with Crippen molar-refractivity contribution in [3.05, 3.63) is 30.3 Å². The molecule has 0 saturated carbocycles. The van der Waals surface area contributed by atoms with E-state index < -0.39 is 10.0 Å². The summed E-state index contributed by atoms with van der Waals surface area (Å²) in [7, 11) is -3.45. The first-order valence-corrected chi connectivity index (χ1v) is 9.10. The number of halogens is 1. The van der Waals surface area contributed by atoms with Crippen LogP contribution in [0.2, 0.25) is 0 Å². The maximum atomic E-state index is 12.5. The van der Waals surface area contributed by atoms with Gasteiger partial charge in [0.25, 0.3) is 0 Å². The molecule has 3 rings (SSSR count). The summed E-state index contributed by atoms with van der Waals surface area (Å²) in [4.78, 5) is 14.4. The van der Waals surface area contributed by atoms with Crippen molar-refractivity contribution < 1.29 is 13.2 Å². The van der Waals surface area contributed by atoms with Gasteiger partial charge < -0.3 is 10.2 Å². The number of rotatable bonds is 3. The highest BCUT2D eigenvalue weighted by molar-refractivity contribution is 7.89. The normalized spacial score (nSPS) is 22.6. The first kappa shape index (κ1) is 18.2. The molecule has 128 valence electrons. The second-order valence-electron chi connectivity index (χ2n) is 5.69. The van der Waals surface area contributed by atoms with Gasteiger partial charge in [-0.05, 0) is 31.5 Å². The van der Waals surface area contributed by atoms with Gasteiger partial charge in [-0.3, -0.25) is 4.79 Å². The fourth-order valence-electron chi connectivity index (χ4n) is 3.01. The van der Waals surface area contributed by atoms with Crippen LogP contribution in [0.25, 0.3) is 0 Å². The standard InChI is InChI=1S/C15H21N3O3S.ClH/c19-15(14-7-4-8-16-14)17-9-11-18(12-10-17)22(20,21)13-5-2-1-3-6-13;/h1-3,5-6,14,16H,4,7-12H2;1H/t14-;/m0./s1. The predicted octanol–water partition coefficient (Wildman–Crippen LogP) is 0.693. The lowest BCUT2D eigenvalue weighted by Gasteiger charge is -2.35. The fraction of sp³-hybridized carbons (Fsp3) is 0.533. The average Bonchev–Trinajstić information content (AvgIpc) is 3.09. The summed E-state index contributed by atoms with van der Waals surface area (Å²) in [6.45, 7) is 2.52. The third-order valence-electron chi connectivity index (χ3n) is 4.29. The molecular weight excluding hydrogens is 338 g/mol. The summed E-state index contributed by atoms with van der Waals surface area (Å²) in [5.41, 5.74) is 0. The molecule has 0 aliphatic carbocycles. The number of sulfonamides is 1. The first-order chi connectivity index (χ1) is 10.6. The van der Waals surface area contributed by atoms with Crippen molar-refractivity contribution in [3.8, 4) is 0 Å². The van der Waals surface area contributed by atoms with Crippen LogP contribution in [0, 0.1) is 0 Å². The molecule has 0 radical (unpaired) electrons. The Kier molecular flexibility index (Phi) is 6.02. The maximum absolute atomic E-state index is 12.5. The van der Waals surface area contributed by atoms with E-state index in [-0.39, 0.29) is 24.4 Å². The van der Waals surface area contributed by atoms with Crippen molar-refractivity contribution >= 4 is 28.3 Å². The summed E-state index contributed by atoms with van der Waals surface area (Å²) in [6.07, 6.45) is 1.90. The van der Waals surface area contributed by atoms with Gasteiger partial charge in [0.2, 0.25) is 15.9 Å². The minimum Gasteiger partial charge on any atom is -0.339 e. The second-order valence-corrected chi connectivity index (χ2v) is 7.63. The van der Waals surface area contributed by atoms with Gasteiger partial charge in [-0.15, -0.1) is 12.4 Å². The lowest BCUT2D eigenvalue weighted by Crippen LogP contribution is -2.54. The van der Waals surface area contributed by atoms with Crippen molar-refractivity contribution in [3.63, 3.8) is 0 Å². The van der Waals surface area contributed by atoms with Crippen molar-refractivity contribution in [2.45, 2.75) is 23.8 Å². The average molecular weight is 360 g/mol. The molecule has 1 atom stereocenters. The zero-order chi connectivity index (χ0) is 15.6. The van der Waals surface area contributed by atoms with E-state index in [1.54, 1.807) is 35.2 Å². The van der Waals surface area contributed by atoms with Crippen LogP contribution < -0.4 is 5.32 Å². The predicted molar refractivity (Wildman–Crippen MR) is 90.1 cm³/mol. The van der Waals surface area contributed by atoms with E-state index in [2.05, 4.69) is 5.32 Å². The largest absolute Gasteiger partial charge is 0.339 e. The zero-order valence-electron chi connectivity index (χ0n) is 12.8. The van der Waals surface area contributed by atoms with Gasteiger partial charge in [-0.1, -0.05) is 18.2 Å². The van der Waals surface area contributed by atoms with E-state index in [0.717, 1.165) is 19.4 Å². The van der Waals surface area contributed by atoms with Crippen molar-refractivity contribution in [2.24, 2.45) is 0 Å². The summed E-state index contributed by atoms with van der Waals surface area (Å²) in [5, 5.41) is 3.20. The van der Waals surface area contributed by atoms with Crippen LogP contribution in [0.4, 0.5) is 0 Å². The van der Waals surface area contributed by atoms with E-state index in [1.165, 1.54) is 4.31 Å². The van der Waals surface area contributed by atoms with E-state index in [0.29, 0.717) is 31.1 Å². The van der Waals surface area contributed by atoms with Gasteiger partial charge in [0.05, 0.1) is 10.9 Å². The molecule has 2 heterocycles. The number of carbonyl (C=O) groups is 1. The zero-order valence-corrected chi connectivity index (χ0v) is 14.5. The fourth-order valence-corrected chi connectivity index (χ4v) is 4.45. The van der Waals surface area contributed by atoms with Crippen molar-refractivity contribution in [2.75, 3.05) is 32.7 Å². The molecule has 1 aromatic rings. The highest BCUT2D eigenvalue weighted by atomic mass is 35.5. The summed E-state index contributed by atoms with van der Waals surface area (Å²) >= 11 is 0. The SMILES string of the molecule is Cl.O=C([C@@H]1CCCN1)N1CCN(S(=O)(=O)c2ccccc2)CC1. The molecule has 2 aliphatic rings. The summed E-state index contributed by atoms with van der Waals surface area (Å²) in [5.74, 6) is 0.106. The van der Waals surface area contributed by atoms with Crippen LogP contribution in [0.5, 0.6) is 0 Å². The Hall–Kier alpha value is -1.15. The number of carbonyl (C=O) groups excluding carboxylic acids is 1. The highest BCUT2D eigenvalue weighted by Gasteiger charge is 2.33. The van der Waals surface area contributed by atoms with Gasteiger partial charge in [-0.25, -0.2) is 8.42 Å². The monoisotopic (exact) mass is 359 g/mol. The Morgan fingerprint density at radius 2 is 1.74 bits per heavy atom. The van der Waals surface area contributed by atoms with E-state index in [9.17, 15) is 13.2 Å². The smallest absolute Gasteiger partial charge is 0.243 e. The molecule has 1 aromatic carbocycles. The molecule has 23 heavy (non-hydrogen) atoms. The van der Waals surface area contributed by atoms with Crippen LogP contribution in [0.3, 0.4) is 0 Å². The third kappa shape index (κ3) is 3.85. The van der Waals surface area contributed by atoms with Crippen LogP contribution >= 0.6 is 12.4 Å². The van der Waals surface area contributed by atoms with E-state index in [1.807, 2.05) is 0 Å². The molecule has 2 aliphatic heterocycles. The topological polar surface area (TPSA) is 69.7 Å². The Balaban J connectivity index is 0.00000192. The number of amides is 1. The number of nitrogens with zero attached hydrogens (tertiary/aromatic N) is 2. The van der Waals surface area contributed by atoms with Gasteiger partial charge in [0.1, 0.15) is 0 Å². The lowest BCUT2D eigenvalue weighted by molar-refractivity contribution is -0.134. The number of nitrogens with one attached hydrogen (secondary N) is 1. The number of hydrogen-bond donors (Lipinski definition) is 1. The van der Waals surface area contributed by atoms with Gasteiger partial charge in [0.15, 0.2) is 0 Å². The molecule has 1 N–H and O–H groups in total. The van der Waals surface area contributed by atoms with Crippen LogP contribution in [0.15, 0.2) is 35.2 Å². The quantitative estimate of drug-likeness (QED) is 0.862. The molecule has 6 nitrogen and oxygen atoms in total. The summed E-state index contributed by atoms with van der Waals surface area (Å²) < 4.78 is 26.5. The van der Waals surface area contributed by atoms with Crippen LogP contribution in [-0.2, 0) is 14.8 Å². The molecule has 0 spiro atoms. The number of benzene rings is 1. The molecule has 0 bridgehead atoms. The van der Waals surface area contributed by atoms with Crippen LogP contribution in [0.1, 0.15) is 12.8 Å². The molecule has 1 amide bonds. The third-order valence-corrected chi connectivity index (χ3v) is 6.20. The Bertz CT molecular complexity index is 625. The highest BCUT2D eigenvalue weighted by Crippen LogP contribution is 2.18. The molecule has 2 fully saturated rings. The maximum Gasteiger partial charge on any atom is 0.243 e. The van der Waals surface area contributed by atoms with Gasteiger partial charge in [-0.2, -0.15) is 4.31 Å².